The number of rotatable bonds is 5. The third kappa shape index (κ3) is 3.58. The van der Waals surface area contributed by atoms with Crippen molar-refractivity contribution in [3.05, 3.63) is 0 Å². The van der Waals surface area contributed by atoms with Gasteiger partial charge in [-0.1, -0.05) is 27.2 Å². The first-order chi connectivity index (χ1) is 6.63. The van der Waals surface area contributed by atoms with Crippen LogP contribution in [0.1, 0.15) is 46.5 Å². The third-order valence-corrected chi connectivity index (χ3v) is 3.50. The van der Waals surface area contributed by atoms with Crippen molar-refractivity contribution in [1.29, 1.82) is 0 Å². The van der Waals surface area contributed by atoms with Crippen LogP contribution in [-0.2, 0) is 0 Å². The quantitative estimate of drug-likeness (QED) is 0.711. The van der Waals surface area contributed by atoms with Crippen LogP contribution in [0.5, 0.6) is 0 Å². The molecule has 2 N–H and O–H groups in total. The lowest BCUT2D eigenvalue weighted by Gasteiger charge is -2.18. The van der Waals surface area contributed by atoms with E-state index in [1.54, 1.807) is 0 Å². The van der Waals surface area contributed by atoms with Crippen LogP contribution in [0.3, 0.4) is 0 Å². The van der Waals surface area contributed by atoms with Gasteiger partial charge in [0.05, 0.1) is 6.10 Å². The Balaban J connectivity index is 2.14. The van der Waals surface area contributed by atoms with Gasteiger partial charge in [-0.25, -0.2) is 0 Å². The van der Waals surface area contributed by atoms with Crippen molar-refractivity contribution in [1.82, 2.24) is 5.32 Å². The SMILES string of the molecule is CCC1CCC(NCC(O)C(C)C)C1. The molecule has 1 aliphatic rings. The average molecular weight is 199 g/mol. The highest BCUT2D eigenvalue weighted by Gasteiger charge is 2.23. The minimum absolute atomic E-state index is 0.185. The van der Waals surface area contributed by atoms with E-state index in [4.69, 9.17) is 0 Å². The van der Waals surface area contributed by atoms with Crippen LogP contribution in [0.25, 0.3) is 0 Å². The summed E-state index contributed by atoms with van der Waals surface area (Å²) in [6, 6.07) is 0.661. The first-order valence-corrected chi connectivity index (χ1v) is 6.05. The number of hydrogen-bond acceptors (Lipinski definition) is 2. The summed E-state index contributed by atoms with van der Waals surface area (Å²) in [6.07, 6.45) is 5.09. The van der Waals surface area contributed by atoms with Crippen LogP contribution in [0, 0.1) is 11.8 Å². The molecule has 0 aromatic carbocycles. The van der Waals surface area contributed by atoms with Crippen molar-refractivity contribution in [2.24, 2.45) is 11.8 Å². The zero-order chi connectivity index (χ0) is 10.6. The molecule has 0 radical (unpaired) electrons. The Morgan fingerprint density at radius 3 is 2.57 bits per heavy atom. The summed E-state index contributed by atoms with van der Waals surface area (Å²) < 4.78 is 0. The molecule has 84 valence electrons. The molecule has 0 aromatic rings. The second-order valence-electron chi connectivity index (χ2n) is 5.00. The maximum atomic E-state index is 9.65. The van der Waals surface area contributed by atoms with Crippen molar-refractivity contribution in [3.63, 3.8) is 0 Å². The Labute approximate surface area is 88.1 Å². The van der Waals surface area contributed by atoms with Gasteiger partial charge < -0.3 is 10.4 Å². The molecule has 2 heteroatoms. The molecule has 14 heavy (non-hydrogen) atoms. The van der Waals surface area contributed by atoms with E-state index in [0.29, 0.717) is 12.0 Å². The Morgan fingerprint density at radius 1 is 1.36 bits per heavy atom. The molecular weight excluding hydrogens is 174 g/mol. The number of aliphatic hydroxyl groups excluding tert-OH is 1. The van der Waals surface area contributed by atoms with E-state index < -0.39 is 0 Å². The summed E-state index contributed by atoms with van der Waals surface area (Å²) in [5, 5.41) is 13.1. The van der Waals surface area contributed by atoms with Crippen molar-refractivity contribution in [2.75, 3.05) is 6.54 Å². The van der Waals surface area contributed by atoms with Gasteiger partial charge in [-0.15, -0.1) is 0 Å². The number of nitrogens with one attached hydrogen (secondary N) is 1. The van der Waals surface area contributed by atoms with E-state index in [2.05, 4.69) is 26.1 Å². The molecule has 0 aromatic heterocycles. The van der Waals surface area contributed by atoms with E-state index in [9.17, 15) is 5.11 Å². The topological polar surface area (TPSA) is 32.3 Å². The van der Waals surface area contributed by atoms with Gasteiger partial charge >= 0.3 is 0 Å². The van der Waals surface area contributed by atoms with Gasteiger partial charge in [0.2, 0.25) is 0 Å². The van der Waals surface area contributed by atoms with Crippen LogP contribution in [0.2, 0.25) is 0 Å². The fraction of sp³-hybridized carbons (Fsp3) is 1.00. The fourth-order valence-electron chi connectivity index (χ4n) is 2.15. The Bertz CT molecular complexity index is 158. The second-order valence-corrected chi connectivity index (χ2v) is 5.00. The second kappa shape index (κ2) is 5.72. The zero-order valence-corrected chi connectivity index (χ0v) is 9.79. The fourth-order valence-corrected chi connectivity index (χ4v) is 2.15. The van der Waals surface area contributed by atoms with E-state index in [-0.39, 0.29) is 6.10 Å². The molecule has 0 amide bonds. The Morgan fingerprint density at radius 2 is 2.07 bits per heavy atom. The van der Waals surface area contributed by atoms with Crippen molar-refractivity contribution < 1.29 is 5.11 Å². The van der Waals surface area contributed by atoms with Crippen LogP contribution in [0.4, 0.5) is 0 Å². The zero-order valence-electron chi connectivity index (χ0n) is 9.79. The molecule has 1 saturated carbocycles. The van der Waals surface area contributed by atoms with Gasteiger partial charge in [-0.2, -0.15) is 0 Å². The number of aliphatic hydroxyl groups is 1. The molecule has 3 unspecified atom stereocenters. The first kappa shape index (κ1) is 12.0. The van der Waals surface area contributed by atoms with Crippen molar-refractivity contribution >= 4 is 0 Å². The number of hydrogen-bond donors (Lipinski definition) is 2. The molecule has 0 heterocycles. The summed E-state index contributed by atoms with van der Waals surface area (Å²) in [5.74, 6) is 1.29. The smallest absolute Gasteiger partial charge is 0.0687 e. The van der Waals surface area contributed by atoms with Gasteiger partial charge in [0.25, 0.3) is 0 Å². The van der Waals surface area contributed by atoms with Gasteiger partial charge in [-0.3, -0.25) is 0 Å². The minimum Gasteiger partial charge on any atom is -0.392 e. The third-order valence-electron chi connectivity index (χ3n) is 3.50. The maximum absolute atomic E-state index is 9.65. The highest BCUT2D eigenvalue weighted by atomic mass is 16.3. The van der Waals surface area contributed by atoms with Crippen LogP contribution >= 0.6 is 0 Å². The van der Waals surface area contributed by atoms with Crippen LogP contribution < -0.4 is 5.32 Å². The Kier molecular flexibility index (Phi) is 4.90. The van der Waals surface area contributed by atoms with Crippen molar-refractivity contribution in [3.8, 4) is 0 Å². The van der Waals surface area contributed by atoms with E-state index in [0.717, 1.165) is 12.5 Å². The molecule has 1 rings (SSSR count). The highest BCUT2D eigenvalue weighted by molar-refractivity contribution is 4.80. The van der Waals surface area contributed by atoms with Gasteiger partial charge in [0, 0.05) is 12.6 Å². The molecule has 1 fully saturated rings. The van der Waals surface area contributed by atoms with E-state index >= 15 is 0 Å². The van der Waals surface area contributed by atoms with E-state index in [1.807, 2.05) is 0 Å². The lowest BCUT2D eigenvalue weighted by molar-refractivity contribution is 0.120. The molecule has 2 nitrogen and oxygen atoms in total. The van der Waals surface area contributed by atoms with Crippen LogP contribution in [0.15, 0.2) is 0 Å². The lowest BCUT2D eigenvalue weighted by Crippen LogP contribution is -2.36. The summed E-state index contributed by atoms with van der Waals surface area (Å²) in [7, 11) is 0. The van der Waals surface area contributed by atoms with Crippen molar-refractivity contribution in [2.45, 2.75) is 58.6 Å². The monoisotopic (exact) mass is 199 g/mol. The van der Waals surface area contributed by atoms with Crippen LogP contribution in [-0.4, -0.2) is 23.8 Å². The van der Waals surface area contributed by atoms with Gasteiger partial charge in [0.15, 0.2) is 0 Å². The molecule has 0 bridgehead atoms. The molecule has 1 aliphatic carbocycles. The summed E-state index contributed by atoms with van der Waals surface area (Å²) in [6.45, 7) is 7.17. The molecule has 0 saturated heterocycles. The molecule has 3 atom stereocenters. The standard InChI is InChI=1S/C12H25NO/c1-4-10-5-6-11(7-10)13-8-12(14)9(2)3/h9-14H,4-8H2,1-3H3. The largest absolute Gasteiger partial charge is 0.392 e. The maximum Gasteiger partial charge on any atom is 0.0687 e. The normalized spacial score (nSPS) is 29.8. The highest BCUT2D eigenvalue weighted by Crippen LogP contribution is 2.27. The molecular formula is C12H25NO. The van der Waals surface area contributed by atoms with E-state index in [1.165, 1.54) is 25.7 Å². The summed E-state index contributed by atoms with van der Waals surface area (Å²) in [5.41, 5.74) is 0. The molecule has 0 aliphatic heterocycles. The average Bonchev–Trinajstić information content (AvgIpc) is 2.61. The Hall–Kier alpha value is -0.0800. The predicted octanol–water partition coefficient (Wildman–Crippen LogP) is 2.17. The minimum atomic E-state index is -0.185. The lowest BCUT2D eigenvalue weighted by atomic mass is 10.0. The summed E-state index contributed by atoms with van der Waals surface area (Å²) in [4.78, 5) is 0. The predicted molar refractivity (Wildman–Crippen MR) is 60.3 cm³/mol. The van der Waals surface area contributed by atoms with Gasteiger partial charge in [-0.05, 0) is 31.1 Å². The first-order valence-electron chi connectivity index (χ1n) is 6.05. The van der Waals surface area contributed by atoms with Gasteiger partial charge in [0.1, 0.15) is 0 Å². The summed E-state index contributed by atoms with van der Waals surface area (Å²) >= 11 is 0. The molecule has 0 spiro atoms.